The number of ether oxygens (including phenoxy) is 1. The first-order valence-electron chi connectivity index (χ1n) is 6.29. The smallest absolute Gasteiger partial charge is 0.324 e. The van der Waals surface area contributed by atoms with E-state index < -0.39 is 11.5 Å². The number of hydrogen-bond acceptors (Lipinski definition) is 4. The summed E-state index contributed by atoms with van der Waals surface area (Å²) < 4.78 is 5.39. The SMILES string of the molecule is COc1ccc(C)c2c1N(C)CCC(N)(C(=O)O)C2. The van der Waals surface area contributed by atoms with Gasteiger partial charge in [0.1, 0.15) is 11.3 Å². The van der Waals surface area contributed by atoms with Gasteiger partial charge in [0, 0.05) is 20.0 Å². The van der Waals surface area contributed by atoms with Crippen molar-refractivity contribution in [2.24, 2.45) is 5.73 Å². The van der Waals surface area contributed by atoms with E-state index in [9.17, 15) is 9.90 Å². The second-order valence-corrected chi connectivity index (χ2v) is 5.22. The summed E-state index contributed by atoms with van der Waals surface area (Å²) in [6, 6.07) is 3.86. The van der Waals surface area contributed by atoms with Crippen LogP contribution in [-0.2, 0) is 11.2 Å². The van der Waals surface area contributed by atoms with E-state index in [4.69, 9.17) is 10.5 Å². The number of hydrogen-bond donors (Lipinski definition) is 2. The van der Waals surface area contributed by atoms with Gasteiger partial charge in [-0.3, -0.25) is 4.79 Å². The molecule has 0 bridgehead atoms. The lowest BCUT2D eigenvalue weighted by Gasteiger charge is -2.23. The highest BCUT2D eigenvalue weighted by molar-refractivity contribution is 5.81. The number of carboxylic acid groups (broad SMARTS) is 1. The van der Waals surface area contributed by atoms with Gasteiger partial charge in [0.2, 0.25) is 0 Å². The molecule has 3 N–H and O–H groups in total. The Hall–Kier alpha value is -1.75. The fraction of sp³-hybridized carbons (Fsp3) is 0.500. The van der Waals surface area contributed by atoms with Gasteiger partial charge in [-0.25, -0.2) is 0 Å². The molecular formula is C14H20N2O3. The van der Waals surface area contributed by atoms with Crippen LogP contribution in [0.1, 0.15) is 17.5 Å². The number of methoxy groups -OCH3 is 1. The topological polar surface area (TPSA) is 75.8 Å². The molecule has 19 heavy (non-hydrogen) atoms. The molecule has 5 nitrogen and oxygen atoms in total. The summed E-state index contributed by atoms with van der Waals surface area (Å²) in [5.74, 6) is -0.186. The van der Waals surface area contributed by atoms with Crippen LogP contribution in [0, 0.1) is 6.92 Å². The second-order valence-electron chi connectivity index (χ2n) is 5.22. The molecule has 1 aromatic carbocycles. The van der Waals surface area contributed by atoms with Gasteiger partial charge in [-0.1, -0.05) is 6.07 Å². The van der Waals surface area contributed by atoms with Crippen LogP contribution >= 0.6 is 0 Å². The first kappa shape index (κ1) is 13.7. The Labute approximate surface area is 113 Å². The number of nitrogens with two attached hydrogens (primary N) is 1. The van der Waals surface area contributed by atoms with Crippen molar-refractivity contribution in [2.45, 2.75) is 25.3 Å². The van der Waals surface area contributed by atoms with Gasteiger partial charge in [-0.2, -0.15) is 0 Å². The Bertz CT molecular complexity index is 516. The Morgan fingerprint density at radius 2 is 2.21 bits per heavy atom. The highest BCUT2D eigenvalue weighted by Crippen LogP contribution is 2.38. The molecule has 1 atom stereocenters. The molecule has 0 saturated carbocycles. The lowest BCUT2D eigenvalue weighted by Crippen LogP contribution is -2.50. The number of carbonyl (C=O) groups is 1. The molecule has 1 unspecified atom stereocenters. The van der Waals surface area contributed by atoms with Gasteiger partial charge < -0.3 is 20.5 Å². The molecule has 1 aliphatic heterocycles. The first-order chi connectivity index (χ1) is 8.89. The minimum atomic E-state index is -1.21. The molecule has 0 radical (unpaired) electrons. The van der Waals surface area contributed by atoms with Crippen molar-refractivity contribution in [2.75, 3.05) is 25.6 Å². The Morgan fingerprint density at radius 3 is 2.79 bits per heavy atom. The number of rotatable bonds is 2. The molecule has 1 aromatic rings. The molecule has 104 valence electrons. The molecule has 1 heterocycles. The monoisotopic (exact) mass is 264 g/mol. The third-order valence-corrected chi connectivity index (χ3v) is 3.89. The van der Waals surface area contributed by atoms with Crippen LogP contribution in [0.2, 0.25) is 0 Å². The Balaban J connectivity index is 2.59. The van der Waals surface area contributed by atoms with Crippen LogP contribution in [0.15, 0.2) is 12.1 Å². The van der Waals surface area contributed by atoms with E-state index in [0.29, 0.717) is 19.4 Å². The molecule has 2 rings (SSSR count). The molecule has 0 spiro atoms. The maximum atomic E-state index is 11.4. The molecule has 5 heteroatoms. The highest BCUT2D eigenvalue weighted by atomic mass is 16.5. The Kier molecular flexibility index (Phi) is 3.41. The van der Waals surface area contributed by atoms with Gasteiger partial charge >= 0.3 is 5.97 Å². The third kappa shape index (κ3) is 2.26. The predicted octanol–water partition coefficient (Wildman–Crippen LogP) is 1.17. The van der Waals surface area contributed by atoms with Crippen LogP contribution in [0.5, 0.6) is 5.75 Å². The number of aryl methyl sites for hydroxylation is 1. The summed E-state index contributed by atoms with van der Waals surface area (Å²) in [4.78, 5) is 13.5. The van der Waals surface area contributed by atoms with E-state index >= 15 is 0 Å². The summed E-state index contributed by atoms with van der Waals surface area (Å²) in [5.41, 5.74) is 7.82. The Morgan fingerprint density at radius 1 is 1.53 bits per heavy atom. The molecule has 0 saturated heterocycles. The number of benzene rings is 1. The van der Waals surface area contributed by atoms with E-state index in [1.807, 2.05) is 31.0 Å². The van der Waals surface area contributed by atoms with Crippen molar-refractivity contribution in [1.82, 2.24) is 0 Å². The van der Waals surface area contributed by atoms with Crippen molar-refractivity contribution in [3.63, 3.8) is 0 Å². The summed E-state index contributed by atoms with van der Waals surface area (Å²) in [5, 5.41) is 9.38. The van der Waals surface area contributed by atoms with Gasteiger partial charge in [-0.05, 0) is 30.5 Å². The number of aliphatic carboxylic acids is 1. The van der Waals surface area contributed by atoms with Gasteiger partial charge in [0.15, 0.2) is 0 Å². The van der Waals surface area contributed by atoms with E-state index in [1.165, 1.54) is 0 Å². The summed E-state index contributed by atoms with van der Waals surface area (Å²) in [7, 11) is 3.56. The maximum Gasteiger partial charge on any atom is 0.324 e. The van der Waals surface area contributed by atoms with Crippen molar-refractivity contribution >= 4 is 11.7 Å². The number of fused-ring (bicyclic) bond motifs is 1. The van der Waals surface area contributed by atoms with E-state index in [2.05, 4.69) is 0 Å². The van der Waals surface area contributed by atoms with Crippen LogP contribution in [0.4, 0.5) is 5.69 Å². The lowest BCUT2D eigenvalue weighted by atomic mass is 9.87. The van der Waals surface area contributed by atoms with E-state index in [1.54, 1.807) is 7.11 Å². The largest absolute Gasteiger partial charge is 0.495 e. The van der Waals surface area contributed by atoms with Crippen LogP contribution in [-0.4, -0.2) is 37.3 Å². The zero-order valence-electron chi connectivity index (χ0n) is 11.6. The normalized spacial score (nSPS) is 22.6. The minimum Gasteiger partial charge on any atom is -0.495 e. The standard InChI is InChI=1S/C14H20N2O3/c1-9-4-5-11(19-3)12-10(9)8-14(15,13(17)18)6-7-16(12)2/h4-5H,6-8,15H2,1-3H3,(H,17,18). The molecule has 0 fully saturated rings. The summed E-state index contributed by atoms with van der Waals surface area (Å²) in [6.07, 6.45) is 0.737. The van der Waals surface area contributed by atoms with Gasteiger partial charge in [-0.15, -0.1) is 0 Å². The zero-order valence-corrected chi connectivity index (χ0v) is 11.6. The fourth-order valence-electron chi connectivity index (χ4n) is 2.59. The second kappa shape index (κ2) is 4.74. The fourth-order valence-corrected chi connectivity index (χ4v) is 2.59. The maximum absolute atomic E-state index is 11.4. The van der Waals surface area contributed by atoms with Crippen molar-refractivity contribution < 1.29 is 14.6 Å². The van der Waals surface area contributed by atoms with Gasteiger partial charge in [0.05, 0.1) is 12.8 Å². The molecular weight excluding hydrogens is 244 g/mol. The van der Waals surface area contributed by atoms with Crippen molar-refractivity contribution in [1.29, 1.82) is 0 Å². The number of nitrogens with zero attached hydrogens (tertiary/aromatic N) is 1. The molecule has 0 aliphatic carbocycles. The van der Waals surface area contributed by atoms with Crippen molar-refractivity contribution in [3.05, 3.63) is 23.3 Å². The van der Waals surface area contributed by atoms with Crippen LogP contribution in [0.3, 0.4) is 0 Å². The zero-order chi connectivity index (χ0) is 14.2. The molecule has 0 aromatic heterocycles. The lowest BCUT2D eigenvalue weighted by molar-refractivity contribution is -0.143. The van der Waals surface area contributed by atoms with Crippen molar-refractivity contribution in [3.8, 4) is 5.75 Å². The summed E-state index contributed by atoms with van der Waals surface area (Å²) >= 11 is 0. The molecule has 1 aliphatic rings. The van der Waals surface area contributed by atoms with Crippen LogP contribution < -0.4 is 15.4 Å². The van der Waals surface area contributed by atoms with Gasteiger partial charge in [0.25, 0.3) is 0 Å². The third-order valence-electron chi connectivity index (χ3n) is 3.89. The average Bonchev–Trinajstić information content (AvgIpc) is 2.50. The summed E-state index contributed by atoms with van der Waals surface area (Å²) in [6.45, 7) is 2.56. The van der Waals surface area contributed by atoms with Crippen LogP contribution in [0.25, 0.3) is 0 Å². The quantitative estimate of drug-likeness (QED) is 0.838. The first-order valence-corrected chi connectivity index (χ1v) is 6.29. The number of carboxylic acids is 1. The van der Waals surface area contributed by atoms with E-state index in [0.717, 1.165) is 22.6 Å². The number of anilines is 1. The predicted molar refractivity (Wildman–Crippen MR) is 73.9 cm³/mol. The average molecular weight is 264 g/mol. The minimum absolute atomic E-state index is 0.324. The molecule has 0 amide bonds. The highest BCUT2D eigenvalue weighted by Gasteiger charge is 2.38. The van der Waals surface area contributed by atoms with E-state index in [-0.39, 0.29) is 0 Å².